The van der Waals surface area contributed by atoms with Crippen LogP contribution in [0.5, 0.6) is 11.5 Å². The van der Waals surface area contributed by atoms with Gasteiger partial charge in [0, 0.05) is 11.8 Å². The molecule has 5 rings (SSSR count). The molecule has 0 atom stereocenters. The summed E-state index contributed by atoms with van der Waals surface area (Å²) in [5.74, 6) is 2.76. The van der Waals surface area contributed by atoms with Gasteiger partial charge in [-0.1, -0.05) is 18.2 Å². The van der Waals surface area contributed by atoms with Crippen LogP contribution in [0.3, 0.4) is 0 Å². The number of aromatic nitrogens is 3. The number of aliphatic hydroxyl groups excluding tert-OH is 1. The number of nitriles is 1. The molecule has 4 aromatic rings. The fraction of sp³-hybridized carbons (Fsp3) is 0.250. The molecule has 2 aromatic heterocycles. The zero-order chi connectivity index (χ0) is 24.2. The number of nitrogens with zero attached hydrogens (tertiary/aromatic N) is 4. The van der Waals surface area contributed by atoms with Gasteiger partial charge in [-0.05, 0) is 73.7 Å². The third-order valence-electron chi connectivity index (χ3n) is 6.26. The molecular formula is C28H26N4O3. The molecule has 0 spiro atoms. The Morgan fingerprint density at radius 1 is 1.14 bits per heavy atom. The fourth-order valence-corrected chi connectivity index (χ4v) is 4.47. The Labute approximate surface area is 203 Å². The number of benzene rings is 2. The molecule has 1 aliphatic rings. The number of ether oxygens (including phenoxy) is 2. The van der Waals surface area contributed by atoms with Crippen molar-refractivity contribution in [2.75, 3.05) is 7.11 Å². The van der Waals surface area contributed by atoms with Gasteiger partial charge in [0.05, 0.1) is 36.4 Å². The summed E-state index contributed by atoms with van der Waals surface area (Å²) in [5.41, 5.74) is 3.77. The van der Waals surface area contributed by atoms with Crippen molar-refractivity contribution >= 4 is 23.2 Å². The SMILES string of the molecule is COc1cccc(C=Cc2nc3cc(CO)ccc3n2-c2ccc(C#N)cn2)c1OC1CCCC1. The summed E-state index contributed by atoms with van der Waals surface area (Å²) in [6, 6.07) is 17.2. The second-order valence-corrected chi connectivity index (χ2v) is 8.54. The van der Waals surface area contributed by atoms with E-state index in [2.05, 4.69) is 11.1 Å². The third kappa shape index (κ3) is 4.61. The van der Waals surface area contributed by atoms with Crippen molar-refractivity contribution in [2.45, 2.75) is 38.4 Å². The van der Waals surface area contributed by atoms with Gasteiger partial charge in [0.15, 0.2) is 11.5 Å². The number of fused-ring (bicyclic) bond motifs is 1. The molecule has 1 saturated carbocycles. The van der Waals surface area contributed by atoms with Crippen molar-refractivity contribution in [1.82, 2.24) is 14.5 Å². The Balaban J connectivity index is 1.59. The topological polar surface area (TPSA) is 93.2 Å². The first-order valence-corrected chi connectivity index (χ1v) is 11.7. The highest BCUT2D eigenvalue weighted by atomic mass is 16.5. The van der Waals surface area contributed by atoms with Crippen LogP contribution < -0.4 is 9.47 Å². The molecule has 0 unspecified atom stereocenters. The smallest absolute Gasteiger partial charge is 0.168 e. The van der Waals surface area contributed by atoms with Crippen LogP contribution in [0.1, 0.15) is 48.2 Å². The minimum absolute atomic E-state index is 0.0607. The summed E-state index contributed by atoms with van der Waals surface area (Å²) >= 11 is 0. The predicted molar refractivity (Wildman–Crippen MR) is 134 cm³/mol. The lowest BCUT2D eigenvalue weighted by molar-refractivity contribution is 0.200. The van der Waals surface area contributed by atoms with Crippen molar-refractivity contribution < 1.29 is 14.6 Å². The molecule has 2 aromatic carbocycles. The Morgan fingerprint density at radius 2 is 2.00 bits per heavy atom. The van der Waals surface area contributed by atoms with Gasteiger partial charge in [0.1, 0.15) is 17.7 Å². The van der Waals surface area contributed by atoms with Crippen LogP contribution in [0.25, 0.3) is 29.0 Å². The largest absolute Gasteiger partial charge is 0.493 e. The summed E-state index contributed by atoms with van der Waals surface area (Å²) in [7, 11) is 1.65. The number of hydrogen-bond donors (Lipinski definition) is 1. The molecule has 0 amide bonds. The molecule has 0 bridgehead atoms. The quantitative estimate of drug-likeness (QED) is 0.398. The van der Waals surface area contributed by atoms with Gasteiger partial charge in [-0.3, -0.25) is 4.57 Å². The molecular weight excluding hydrogens is 440 g/mol. The minimum Gasteiger partial charge on any atom is -0.493 e. The van der Waals surface area contributed by atoms with Crippen LogP contribution >= 0.6 is 0 Å². The van der Waals surface area contributed by atoms with Gasteiger partial charge in [-0.15, -0.1) is 0 Å². The van der Waals surface area contributed by atoms with E-state index in [1.807, 2.05) is 53.1 Å². The van der Waals surface area contributed by atoms with Crippen LogP contribution in [-0.2, 0) is 6.61 Å². The number of para-hydroxylation sites is 1. The standard InChI is InChI=1S/C28H26N4O3/c1-34-25-8-4-5-21(28(25)35-22-6-2-3-7-22)11-14-27-31-23-15-19(18-33)9-12-24(23)32(27)26-13-10-20(16-29)17-30-26/h4-5,8-15,17,22,33H,2-3,6-7,18H2,1H3. The molecule has 35 heavy (non-hydrogen) atoms. The van der Waals surface area contributed by atoms with Gasteiger partial charge < -0.3 is 14.6 Å². The van der Waals surface area contributed by atoms with E-state index in [0.29, 0.717) is 23.0 Å². The normalized spacial score (nSPS) is 14.0. The maximum Gasteiger partial charge on any atom is 0.168 e. The molecule has 1 N–H and O–H groups in total. The number of hydrogen-bond acceptors (Lipinski definition) is 6. The van der Waals surface area contributed by atoms with Crippen molar-refractivity contribution in [1.29, 1.82) is 5.26 Å². The highest BCUT2D eigenvalue weighted by Gasteiger charge is 2.20. The molecule has 7 nitrogen and oxygen atoms in total. The second kappa shape index (κ2) is 10.00. The zero-order valence-corrected chi connectivity index (χ0v) is 19.5. The monoisotopic (exact) mass is 466 g/mol. The number of pyridine rings is 1. The molecule has 1 aliphatic carbocycles. The van der Waals surface area contributed by atoms with E-state index in [1.165, 1.54) is 12.8 Å². The average Bonchev–Trinajstić information content (AvgIpc) is 3.55. The summed E-state index contributed by atoms with van der Waals surface area (Å²) in [6.07, 6.45) is 10.1. The summed E-state index contributed by atoms with van der Waals surface area (Å²) < 4.78 is 13.9. The van der Waals surface area contributed by atoms with Crippen LogP contribution in [0.4, 0.5) is 0 Å². The first-order valence-electron chi connectivity index (χ1n) is 11.7. The number of methoxy groups -OCH3 is 1. The Hall–Kier alpha value is -4.15. The summed E-state index contributed by atoms with van der Waals surface area (Å²) in [5, 5.41) is 18.7. The maximum atomic E-state index is 9.58. The van der Waals surface area contributed by atoms with Crippen LogP contribution in [0.2, 0.25) is 0 Å². The third-order valence-corrected chi connectivity index (χ3v) is 6.26. The van der Waals surface area contributed by atoms with E-state index in [4.69, 9.17) is 19.7 Å². The number of rotatable bonds is 7. The number of imidazole rings is 1. The van der Waals surface area contributed by atoms with Gasteiger partial charge in [-0.25, -0.2) is 9.97 Å². The molecule has 0 saturated heterocycles. The van der Waals surface area contributed by atoms with Crippen LogP contribution in [0, 0.1) is 11.3 Å². The lowest BCUT2D eigenvalue weighted by atomic mass is 10.1. The first kappa shape index (κ1) is 22.6. The Bertz CT molecular complexity index is 1410. The van der Waals surface area contributed by atoms with E-state index in [9.17, 15) is 5.11 Å². The zero-order valence-electron chi connectivity index (χ0n) is 19.5. The fourth-order valence-electron chi connectivity index (χ4n) is 4.47. The Kier molecular flexibility index (Phi) is 6.47. The molecule has 0 aliphatic heterocycles. The lowest BCUT2D eigenvalue weighted by Gasteiger charge is -2.18. The van der Waals surface area contributed by atoms with E-state index < -0.39 is 0 Å². The van der Waals surface area contributed by atoms with Crippen LogP contribution in [0.15, 0.2) is 54.7 Å². The molecule has 1 fully saturated rings. The lowest BCUT2D eigenvalue weighted by Crippen LogP contribution is -2.12. The molecule has 0 radical (unpaired) electrons. The first-order chi connectivity index (χ1) is 17.2. The summed E-state index contributed by atoms with van der Waals surface area (Å²) in [6.45, 7) is -0.0607. The van der Waals surface area contributed by atoms with Crippen molar-refractivity contribution in [3.05, 3.63) is 77.2 Å². The van der Waals surface area contributed by atoms with Gasteiger partial charge >= 0.3 is 0 Å². The van der Waals surface area contributed by atoms with Gasteiger partial charge in [-0.2, -0.15) is 5.26 Å². The highest BCUT2D eigenvalue weighted by molar-refractivity contribution is 5.83. The van der Waals surface area contributed by atoms with Gasteiger partial charge in [0.25, 0.3) is 0 Å². The molecule has 2 heterocycles. The van der Waals surface area contributed by atoms with E-state index in [1.54, 1.807) is 25.4 Å². The molecule has 7 heteroatoms. The number of aliphatic hydroxyl groups is 1. The average molecular weight is 467 g/mol. The highest BCUT2D eigenvalue weighted by Crippen LogP contribution is 2.36. The second-order valence-electron chi connectivity index (χ2n) is 8.54. The van der Waals surface area contributed by atoms with E-state index in [0.717, 1.165) is 40.8 Å². The predicted octanol–water partition coefficient (Wildman–Crippen LogP) is 5.28. The minimum atomic E-state index is -0.0607. The van der Waals surface area contributed by atoms with Crippen LogP contribution in [-0.4, -0.2) is 32.9 Å². The van der Waals surface area contributed by atoms with Gasteiger partial charge in [0.2, 0.25) is 0 Å². The Morgan fingerprint density at radius 3 is 2.71 bits per heavy atom. The molecule has 176 valence electrons. The summed E-state index contributed by atoms with van der Waals surface area (Å²) in [4.78, 5) is 9.31. The van der Waals surface area contributed by atoms with E-state index in [-0.39, 0.29) is 12.7 Å². The maximum absolute atomic E-state index is 9.58. The van der Waals surface area contributed by atoms with Crippen molar-refractivity contribution in [3.63, 3.8) is 0 Å². The van der Waals surface area contributed by atoms with E-state index >= 15 is 0 Å². The van der Waals surface area contributed by atoms with Crippen molar-refractivity contribution in [2.24, 2.45) is 0 Å². The van der Waals surface area contributed by atoms with Crippen molar-refractivity contribution in [3.8, 4) is 23.4 Å².